The lowest BCUT2D eigenvalue weighted by Crippen LogP contribution is -2.39. The standard InChI is InChI=1S/C14H17ClFNO3/c1-9(2)7-17(8-14(19)20)13(18)5-10-3-4-11(16)6-12(10)15/h3-4,6,9H,5,7-8H2,1-2H3,(H,19,20). The number of hydrogen-bond acceptors (Lipinski definition) is 2. The summed E-state index contributed by atoms with van der Waals surface area (Å²) < 4.78 is 12.9. The van der Waals surface area contributed by atoms with Gasteiger partial charge in [-0.25, -0.2) is 4.39 Å². The van der Waals surface area contributed by atoms with Gasteiger partial charge in [-0.3, -0.25) is 9.59 Å². The minimum absolute atomic E-state index is 0.0425. The summed E-state index contributed by atoms with van der Waals surface area (Å²) in [5.74, 6) is -1.73. The van der Waals surface area contributed by atoms with E-state index in [2.05, 4.69) is 0 Å². The Hall–Kier alpha value is -1.62. The van der Waals surface area contributed by atoms with E-state index in [4.69, 9.17) is 16.7 Å². The summed E-state index contributed by atoms with van der Waals surface area (Å²) >= 11 is 5.86. The van der Waals surface area contributed by atoms with Crippen molar-refractivity contribution in [3.8, 4) is 0 Å². The number of hydrogen-bond donors (Lipinski definition) is 1. The van der Waals surface area contributed by atoms with Gasteiger partial charge < -0.3 is 10.0 Å². The number of aliphatic carboxylic acids is 1. The van der Waals surface area contributed by atoms with Gasteiger partial charge in [0.25, 0.3) is 0 Å². The molecule has 0 atom stereocenters. The van der Waals surface area contributed by atoms with E-state index in [0.29, 0.717) is 12.1 Å². The fraction of sp³-hybridized carbons (Fsp3) is 0.429. The molecule has 0 heterocycles. The Kier molecular flexibility index (Phi) is 5.95. The molecule has 1 aromatic carbocycles. The fourth-order valence-corrected chi connectivity index (χ4v) is 2.03. The van der Waals surface area contributed by atoms with Crippen LogP contribution in [0.3, 0.4) is 0 Å². The van der Waals surface area contributed by atoms with Crippen LogP contribution in [0, 0.1) is 11.7 Å². The molecule has 1 rings (SSSR count). The van der Waals surface area contributed by atoms with Crippen LogP contribution in [0.25, 0.3) is 0 Å². The number of carbonyl (C=O) groups is 2. The van der Waals surface area contributed by atoms with Crippen molar-refractivity contribution in [2.45, 2.75) is 20.3 Å². The fourth-order valence-electron chi connectivity index (χ4n) is 1.80. The summed E-state index contributed by atoms with van der Waals surface area (Å²) in [6, 6.07) is 3.79. The minimum Gasteiger partial charge on any atom is -0.480 e. The molecule has 0 unspecified atom stereocenters. The average Bonchev–Trinajstić information content (AvgIpc) is 2.30. The predicted molar refractivity (Wildman–Crippen MR) is 74.2 cm³/mol. The molecule has 0 radical (unpaired) electrons. The molecule has 1 amide bonds. The van der Waals surface area contributed by atoms with Crippen molar-refractivity contribution in [3.63, 3.8) is 0 Å². The molecule has 1 aromatic rings. The second-order valence-corrected chi connectivity index (χ2v) is 5.38. The maximum atomic E-state index is 12.9. The van der Waals surface area contributed by atoms with Gasteiger partial charge in [-0.15, -0.1) is 0 Å². The van der Waals surface area contributed by atoms with E-state index in [9.17, 15) is 14.0 Å². The first-order chi connectivity index (χ1) is 9.29. The molecule has 0 bridgehead atoms. The number of carboxylic acid groups (broad SMARTS) is 1. The van der Waals surface area contributed by atoms with Crippen LogP contribution in [0.1, 0.15) is 19.4 Å². The first-order valence-electron chi connectivity index (χ1n) is 6.23. The minimum atomic E-state index is -1.07. The van der Waals surface area contributed by atoms with Crippen molar-refractivity contribution >= 4 is 23.5 Å². The summed E-state index contributed by atoms with van der Waals surface area (Å²) in [4.78, 5) is 24.2. The largest absolute Gasteiger partial charge is 0.480 e. The Morgan fingerprint density at radius 3 is 2.55 bits per heavy atom. The number of amides is 1. The average molecular weight is 302 g/mol. The summed E-state index contributed by atoms with van der Waals surface area (Å²) in [5.41, 5.74) is 0.484. The summed E-state index contributed by atoms with van der Waals surface area (Å²) in [7, 11) is 0. The van der Waals surface area contributed by atoms with Gasteiger partial charge in [-0.1, -0.05) is 31.5 Å². The molecule has 0 saturated carbocycles. The lowest BCUT2D eigenvalue weighted by atomic mass is 10.1. The molecule has 6 heteroatoms. The molecular formula is C14H17ClFNO3. The van der Waals surface area contributed by atoms with E-state index in [0.717, 1.165) is 6.07 Å². The van der Waals surface area contributed by atoms with Crippen LogP contribution >= 0.6 is 11.6 Å². The molecule has 0 fully saturated rings. The molecule has 0 aromatic heterocycles. The highest BCUT2D eigenvalue weighted by atomic mass is 35.5. The highest BCUT2D eigenvalue weighted by molar-refractivity contribution is 6.31. The van der Waals surface area contributed by atoms with Gasteiger partial charge in [-0.2, -0.15) is 0 Å². The zero-order valence-corrected chi connectivity index (χ0v) is 12.2. The Morgan fingerprint density at radius 2 is 2.05 bits per heavy atom. The molecule has 0 saturated heterocycles. The molecule has 0 aliphatic carbocycles. The lowest BCUT2D eigenvalue weighted by Gasteiger charge is -2.23. The Bertz CT molecular complexity index is 505. The maximum Gasteiger partial charge on any atom is 0.323 e. The number of nitrogens with zero attached hydrogens (tertiary/aromatic N) is 1. The van der Waals surface area contributed by atoms with Crippen molar-refractivity contribution < 1.29 is 19.1 Å². The van der Waals surface area contributed by atoms with Gasteiger partial charge in [0.2, 0.25) is 5.91 Å². The van der Waals surface area contributed by atoms with Crippen LogP contribution in [0.2, 0.25) is 5.02 Å². The molecule has 0 aliphatic rings. The van der Waals surface area contributed by atoms with E-state index in [-0.39, 0.29) is 29.8 Å². The quantitative estimate of drug-likeness (QED) is 0.878. The van der Waals surface area contributed by atoms with E-state index in [1.807, 2.05) is 13.8 Å². The zero-order valence-electron chi connectivity index (χ0n) is 11.4. The number of carbonyl (C=O) groups excluding carboxylic acids is 1. The molecular weight excluding hydrogens is 285 g/mol. The number of rotatable bonds is 6. The second kappa shape index (κ2) is 7.24. The van der Waals surface area contributed by atoms with Crippen molar-refractivity contribution in [2.75, 3.05) is 13.1 Å². The van der Waals surface area contributed by atoms with Gasteiger partial charge in [0.1, 0.15) is 12.4 Å². The lowest BCUT2D eigenvalue weighted by molar-refractivity contribution is -0.144. The number of carboxylic acids is 1. The van der Waals surface area contributed by atoms with E-state index in [1.54, 1.807) is 0 Å². The molecule has 20 heavy (non-hydrogen) atoms. The van der Waals surface area contributed by atoms with Gasteiger partial charge in [0.05, 0.1) is 6.42 Å². The third kappa shape index (κ3) is 5.17. The second-order valence-electron chi connectivity index (χ2n) is 4.97. The van der Waals surface area contributed by atoms with Crippen molar-refractivity contribution in [3.05, 3.63) is 34.6 Å². The molecule has 1 N–H and O–H groups in total. The first-order valence-corrected chi connectivity index (χ1v) is 6.61. The Labute approximate surface area is 122 Å². The molecule has 0 aliphatic heterocycles. The van der Waals surface area contributed by atoms with Crippen LogP contribution < -0.4 is 0 Å². The van der Waals surface area contributed by atoms with Gasteiger partial charge in [0, 0.05) is 11.6 Å². The number of benzene rings is 1. The van der Waals surface area contributed by atoms with Crippen LogP contribution in [-0.2, 0) is 16.0 Å². The molecule has 0 spiro atoms. The van der Waals surface area contributed by atoms with Crippen LogP contribution in [0.5, 0.6) is 0 Å². The van der Waals surface area contributed by atoms with Gasteiger partial charge in [0.15, 0.2) is 0 Å². The summed E-state index contributed by atoms with van der Waals surface area (Å²) in [6.45, 7) is 3.79. The topological polar surface area (TPSA) is 57.6 Å². The van der Waals surface area contributed by atoms with Gasteiger partial charge >= 0.3 is 5.97 Å². The van der Waals surface area contributed by atoms with Crippen LogP contribution in [-0.4, -0.2) is 35.0 Å². The van der Waals surface area contributed by atoms with Gasteiger partial charge in [-0.05, 0) is 23.6 Å². The third-order valence-electron chi connectivity index (χ3n) is 2.62. The van der Waals surface area contributed by atoms with E-state index >= 15 is 0 Å². The zero-order chi connectivity index (χ0) is 15.3. The summed E-state index contributed by atoms with van der Waals surface area (Å²) in [6.07, 6.45) is -0.0425. The maximum absolute atomic E-state index is 12.9. The van der Waals surface area contributed by atoms with Crippen LogP contribution in [0.4, 0.5) is 4.39 Å². The predicted octanol–water partition coefficient (Wildman–Crippen LogP) is 2.59. The number of halogens is 2. The highest BCUT2D eigenvalue weighted by Gasteiger charge is 2.19. The van der Waals surface area contributed by atoms with Crippen molar-refractivity contribution in [1.29, 1.82) is 0 Å². The van der Waals surface area contributed by atoms with E-state index in [1.165, 1.54) is 17.0 Å². The molecule has 4 nitrogen and oxygen atoms in total. The van der Waals surface area contributed by atoms with Crippen molar-refractivity contribution in [1.82, 2.24) is 4.90 Å². The highest BCUT2D eigenvalue weighted by Crippen LogP contribution is 2.18. The Balaban J connectivity index is 2.81. The van der Waals surface area contributed by atoms with Crippen molar-refractivity contribution in [2.24, 2.45) is 5.92 Å². The SMILES string of the molecule is CC(C)CN(CC(=O)O)C(=O)Cc1ccc(F)cc1Cl. The first kappa shape index (κ1) is 16.4. The monoisotopic (exact) mass is 301 g/mol. The normalized spacial score (nSPS) is 10.7. The summed E-state index contributed by atoms with van der Waals surface area (Å²) in [5, 5.41) is 9.00. The smallest absolute Gasteiger partial charge is 0.323 e. The third-order valence-corrected chi connectivity index (χ3v) is 2.97. The van der Waals surface area contributed by atoms with E-state index < -0.39 is 11.8 Å². The Morgan fingerprint density at radius 1 is 1.40 bits per heavy atom. The molecule has 110 valence electrons. The van der Waals surface area contributed by atoms with Crippen LogP contribution in [0.15, 0.2) is 18.2 Å².